The Bertz CT molecular complexity index is 859. The van der Waals surface area contributed by atoms with Crippen LogP contribution in [0.15, 0.2) is 67.1 Å². The molecule has 2 aromatic carbocycles. The predicted octanol–water partition coefficient (Wildman–Crippen LogP) is 4.35. The number of aromatic nitrogens is 2. The molecule has 1 heterocycles. The molecule has 0 spiro atoms. The maximum Gasteiger partial charge on any atom is 0.258 e. The van der Waals surface area contributed by atoms with Crippen molar-refractivity contribution in [3.05, 3.63) is 78.4 Å². The number of imidazole rings is 1. The fourth-order valence-electron chi connectivity index (χ4n) is 3.02. The number of carbonyl (C=O) groups is 1. The van der Waals surface area contributed by atoms with Gasteiger partial charge in [-0.05, 0) is 36.2 Å². The van der Waals surface area contributed by atoms with Crippen molar-refractivity contribution in [2.45, 2.75) is 20.4 Å². The fourth-order valence-corrected chi connectivity index (χ4v) is 3.02. The van der Waals surface area contributed by atoms with E-state index in [2.05, 4.69) is 40.8 Å². The van der Waals surface area contributed by atoms with Gasteiger partial charge in [-0.1, -0.05) is 38.1 Å². The van der Waals surface area contributed by atoms with E-state index in [4.69, 9.17) is 0 Å². The molecule has 1 N–H and O–H groups in total. The van der Waals surface area contributed by atoms with Crippen molar-refractivity contribution < 1.29 is 4.79 Å². The first kappa shape index (κ1) is 18.7. The molecule has 1 amide bonds. The molecule has 0 aliphatic rings. The normalized spacial score (nSPS) is 10.8. The Hall–Kier alpha value is -3.08. The number of aromatic amines is 1. The third kappa shape index (κ3) is 4.76. The summed E-state index contributed by atoms with van der Waals surface area (Å²) < 4.78 is 0. The number of nitrogens with zero attached hydrogens (tertiary/aromatic N) is 3. The first-order valence-corrected chi connectivity index (χ1v) is 9.20. The molecule has 0 unspecified atom stereocenters. The van der Waals surface area contributed by atoms with Gasteiger partial charge < -0.3 is 14.8 Å². The molecule has 1 aromatic heterocycles. The molecule has 0 saturated carbocycles. The maximum atomic E-state index is 13.1. The standard InChI is InChI=1S/C22H26N4O/c1-17(2)14-26(22(27)18-8-5-4-6-9-18)21-11-7-10-20(12-21)25(3)15-19-13-23-16-24-19/h4-13,16-17H,14-15H2,1-3H3,(H,23,24). The van der Waals surface area contributed by atoms with Gasteiger partial charge in [-0.2, -0.15) is 0 Å². The zero-order valence-electron chi connectivity index (χ0n) is 16.1. The van der Waals surface area contributed by atoms with Gasteiger partial charge in [-0.15, -0.1) is 0 Å². The van der Waals surface area contributed by atoms with E-state index in [9.17, 15) is 4.79 Å². The average Bonchev–Trinajstić information content (AvgIpc) is 3.19. The van der Waals surface area contributed by atoms with Gasteiger partial charge in [0, 0.05) is 36.7 Å². The van der Waals surface area contributed by atoms with E-state index in [1.807, 2.05) is 60.6 Å². The summed E-state index contributed by atoms with van der Waals surface area (Å²) >= 11 is 0. The molecule has 5 nitrogen and oxygen atoms in total. The van der Waals surface area contributed by atoms with Gasteiger partial charge in [-0.25, -0.2) is 4.98 Å². The summed E-state index contributed by atoms with van der Waals surface area (Å²) in [5.41, 5.74) is 3.71. The molecule has 3 rings (SSSR count). The van der Waals surface area contributed by atoms with Crippen LogP contribution in [-0.4, -0.2) is 29.5 Å². The van der Waals surface area contributed by atoms with Gasteiger partial charge in [0.15, 0.2) is 0 Å². The van der Waals surface area contributed by atoms with Gasteiger partial charge in [0.05, 0.1) is 18.6 Å². The summed E-state index contributed by atoms with van der Waals surface area (Å²) in [6.45, 7) is 5.64. The quantitative estimate of drug-likeness (QED) is 0.680. The van der Waals surface area contributed by atoms with Crippen LogP contribution >= 0.6 is 0 Å². The highest BCUT2D eigenvalue weighted by molar-refractivity contribution is 6.06. The van der Waals surface area contributed by atoms with E-state index in [0.29, 0.717) is 18.0 Å². The molecule has 0 aliphatic carbocycles. The Kier molecular flexibility index (Phi) is 5.91. The zero-order chi connectivity index (χ0) is 19.2. The molecule has 140 valence electrons. The second kappa shape index (κ2) is 8.54. The predicted molar refractivity (Wildman–Crippen MR) is 110 cm³/mol. The summed E-state index contributed by atoms with van der Waals surface area (Å²) in [6.07, 6.45) is 3.51. The van der Waals surface area contributed by atoms with Gasteiger partial charge >= 0.3 is 0 Å². The number of carbonyl (C=O) groups excluding carboxylic acids is 1. The lowest BCUT2D eigenvalue weighted by atomic mass is 10.1. The van der Waals surface area contributed by atoms with Crippen LogP contribution in [0.2, 0.25) is 0 Å². The van der Waals surface area contributed by atoms with Crippen LogP contribution in [0.1, 0.15) is 29.9 Å². The van der Waals surface area contributed by atoms with Crippen molar-refractivity contribution in [2.75, 3.05) is 23.4 Å². The van der Waals surface area contributed by atoms with Gasteiger partial charge in [0.25, 0.3) is 5.91 Å². The zero-order valence-corrected chi connectivity index (χ0v) is 16.1. The second-order valence-electron chi connectivity index (χ2n) is 7.13. The Balaban J connectivity index is 1.87. The average molecular weight is 362 g/mol. The summed E-state index contributed by atoms with van der Waals surface area (Å²) in [7, 11) is 2.03. The highest BCUT2D eigenvalue weighted by atomic mass is 16.2. The van der Waals surface area contributed by atoms with E-state index >= 15 is 0 Å². The van der Waals surface area contributed by atoms with Crippen LogP contribution < -0.4 is 9.80 Å². The number of benzene rings is 2. The monoisotopic (exact) mass is 362 g/mol. The minimum atomic E-state index is 0.0256. The highest BCUT2D eigenvalue weighted by Gasteiger charge is 2.19. The Morgan fingerprint density at radius 2 is 1.81 bits per heavy atom. The van der Waals surface area contributed by atoms with Crippen LogP contribution in [-0.2, 0) is 6.54 Å². The van der Waals surface area contributed by atoms with E-state index in [0.717, 1.165) is 23.6 Å². The summed E-state index contributed by atoms with van der Waals surface area (Å²) in [5.74, 6) is 0.390. The Labute approximate surface area is 160 Å². The Morgan fingerprint density at radius 3 is 2.48 bits per heavy atom. The van der Waals surface area contributed by atoms with E-state index in [1.165, 1.54) is 0 Å². The number of hydrogen-bond donors (Lipinski definition) is 1. The molecule has 3 aromatic rings. The number of nitrogens with one attached hydrogen (secondary N) is 1. The van der Waals surface area contributed by atoms with Crippen LogP contribution in [0.5, 0.6) is 0 Å². The third-order valence-corrected chi connectivity index (χ3v) is 4.36. The molecule has 0 radical (unpaired) electrons. The molecule has 5 heteroatoms. The molecule has 27 heavy (non-hydrogen) atoms. The molecule has 0 saturated heterocycles. The van der Waals surface area contributed by atoms with Crippen LogP contribution in [0.3, 0.4) is 0 Å². The molecular formula is C22H26N4O. The fraction of sp³-hybridized carbons (Fsp3) is 0.273. The SMILES string of the molecule is CC(C)CN(C(=O)c1ccccc1)c1cccc(N(C)Cc2cnc[nH]2)c1. The second-order valence-corrected chi connectivity index (χ2v) is 7.13. The number of H-pyrrole nitrogens is 1. The van der Waals surface area contributed by atoms with Gasteiger partial charge in [0.1, 0.15) is 0 Å². The lowest BCUT2D eigenvalue weighted by Crippen LogP contribution is -2.34. The van der Waals surface area contributed by atoms with E-state index < -0.39 is 0 Å². The first-order valence-electron chi connectivity index (χ1n) is 9.20. The molecular weight excluding hydrogens is 336 g/mol. The third-order valence-electron chi connectivity index (χ3n) is 4.36. The largest absolute Gasteiger partial charge is 0.369 e. The number of anilines is 2. The van der Waals surface area contributed by atoms with E-state index in [1.54, 1.807) is 6.33 Å². The minimum absolute atomic E-state index is 0.0256. The highest BCUT2D eigenvalue weighted by Crippen LogP contribution is 2.25. The lowest BCUT2D eigenvalue weighted by Gasteiger charge is -2.27. The summed E-state index contributed by atoms with van der Waals surface area (Å²) in [4.78, 5) is 24.3. The van der Waals surface area contributed by atoms with Crippen molar-refractivity contribution >= 4 is 17.3 Å². The van der Waals surface area contributed by atoms with E-state index in [-0.39, 0.29) is 5.91 Å². The molecule has 0 aliphatic heterocycles. The maximum absolute atomic E-state index is 13.1. The van der Waals surface area contributed by atoms with Gasteiger partial charge in [-0.3, -0.25) is 4.79 Å². The Morgan fingerprint density at radius 1 is 1.07 bits per heavy atom. The van der Waals surface area contributed by atoms with Crippen LogP contribution in [0.25, 0.3) is 0 Å². The van der Waals surface area contributed by atoms with Crippen molar-refractivity contribution in [3.8, 4) is 0 Å². The lowest BCUT2D eigenvalue weighted by molar-refractivity contribution is 0.0984. The number of hydrogen-bond acceptors (Lipinski definition) is 3. The topological polar surface area (TPSA) is 52.2 Å². The van der Waals surface area contributed by atoms with Crippen LogP contribution in [0.4, 0.5) is 11.4 Å². The number of amides is 1. The van der Waals surface area contributed by atoms with Crippen molar-refractivity contribution in [1.29, 1.82) is 0 Å². The van der Waals surface area contributed by atoms with Crippen molar-refractivity contribution in [2.24, 2.45) is 5.92 Å². The van der Waals surface area contributed by atoms with Gasteiger partial charge in [0.2, 0.25) is 0 Å². The smallest absolute Gasteiger partial charge is 0.258 e. The minimum Gasteiger partial charge on any atom is -0.369 e. The molecule has 0 atom stereocenters. The summed E-state index contributed by atoms with van der Waals surface area (Å²) in [6, 6.07) is 17.6. The summed E-state index contributed by atoms with van der Waals surface area (Å²) in [5, 5.41) is 0. The molecule has 0 fully saturated rings. The molecule has 0 bridgehead atoms. The van der Waals surface area contributed by atoms with Crippen molar-refractivity contribution in [1.82, 2.24) is 9.97 Å². The number of rotatable bonds is 7. The first-order chi connectivity index (χ1) is 13.0. The van der Waals surface area contributed by atoms with Crippen LogP contribution in [0, 0.1) is 5.92 Å². The van der Waals surface area contributed by atoms with Crippen molar-refractivity contribution in [3.63, 3.8) is 0 Å².